The Hall–Kier alpha value is -2.94. The number of carbonyl (C=O) groups is 1. The minimum atomic E-state index is -3.63. The van der Waals surface area contributed by atoms with Crippen molar-refractivity contribution in [1.29, 1.82) is 0 Å². The highest BCUT2D eigenvalue weighted by Gasteiger charge is 2.30. The molecule has 5 N–H and O–H groups in total. The van der Waals surface area contributed by atoms with E-state index >= 15 is 0 Å². The van der Waals surface area contributed by atoms with Crippen molar-refractivity contribution in [3.63, 3.8) is 0 Å². The Labute approximate surface area is 131 Å². The number of sulfonamides is 1. The number of fused-ring (bicyclic) bond motifs is 1. The van der Waals surface area contributed by atoms with Gasteiger partial charge in [-0.15, -0.1) is 0 Å². The fourth-order valence-corrected chi connectivity index (χ4v) is 3.58. The van der Waals surface area contributed by atoms with E-state index in [9.17, 15) is 28.5 Å². The Morgan fingerprint density at radius 2 is 1.74 bits per heavy atom. The number of aromatic hydroxyl groups is 3. The van der Waals surface area contributed by atoms with Crippen LogP contribution in [0.3, 0.4) is 0 Å². The van der Waals surface area contributed by atoms with Crippen molar-refractivity contribution >= 4 is 27.3 Å². The number of rotatable bonds is 2. The number of hydrogen-bond donors (Lipinski definition) is 5. The molecule has 8 nitrogen and oxygen atoms in total. The van der Waals surface area contributed by atoms with Crippen LogP contribution < -0.4 is 10.0 Å². The summed E-state index contributed by atoms with van der Waals surface area (Å²) in [7, 11) is -3.63. The summed E-state index contributed by atoms with van der Waals surface area (Å²) < 4.78 is 25.5. The van der Waals surface area contributed by atoms with Gasteiger partial charge in [-0.2, -0.15) is 0 Å². The summed E-state index contributed by atoms with van der Waals surface area (Å²) in [6.45, 7) is 0. The third-order valence-electron chi connectivity index (χ3n) is 3.36. The van der Waals surface area contributed by atoms with Gasteiger partial charge in [-0.05, 0) is 24.3 Å². The monoisotopic (exact) mass is 336 g/mol. The molecule has 0 saturated heterocycles. The maximum Gasteiger partial charge on any atom is 0.256 e. The molecule has 23 heavy (non-hydrogen) atoms. The van der Waals surface area contributed by atoms with Gasteiger partial charge in [0.05, 0.1) is 11.4 Å². The second-order valence-corrected chi connectivity index (χ2v) is 6.73. The zero-order valence-corrected chi connectivity index (χ0v) is 12.4. The Bertz CT molecular complexity index is 923. The molecule has 0 fully saturated rings. The number of amides is 1. The van der Waals surface area contributed by atoms with Crippen LogP contribution in [0.4, 0.5) is 11.4 Å². The SMILES string of the molecule is O=C(Nc1ccc(O)c(O)c1)c1ccc(O)c2c1CS(=O)(=O)N2. The van der Waals surface area contributed by atoms with Gasteiger partial charge in [-0.3, -0.25) is 9.52 Å². The van der Waals surface area contributed by atoms with Gasteiger partial charge in [0.2, 0.25) is 10.0 Å². The Balaban J connectivity index is 1.95. The summed E-state index contributed by atoms with van der Waals surface area (Å²) in [5.74, 6) is -2.02. The standard InChI is InChI=1S/C14H12N2O6S/c17-10-3-1-7(5-12(10)19)15-14(20)8-2-4-11(18)13-9(8)6-23(21,22)16-13/h1-5,16-19H,6H2,(H,15,20). The van der Waals surface area contributed by atoms with Crippen molar-refractivity contribution in [1.82, 2.24) is 0 Å². The molecule has 1 heterocycles. The fraction of sp³-hybridized carbons (Fsp3) is 0.0714. The van der Waals surface area contributed by atoms with Crippen molar-refractivity contribution in [2.75, 3.05) is 10.0 Å². The predicted octanol–water partition coefficient (Wildman–Crippen LogP) is 1.31. The van der Waals surface area contributed by atoms with Gasteiger partial charge in [-0.25, -0.2) is 8.42 Å². The second kappa shape index (κ2) is 5.06. The highest BCUT2D eigenvalue weighted by molar-refractivity contribution is 7.92. The average molecular weight is 336 g/mol. The van der Waals surface area contributed by atoms with E-state index in [1.54, 1.807) is 0 Å². The molecule has 2 aromatic carbocycles. The first-order valence-electron chi connectivity index (χ1n) is 6.45. The van der Waals surface area contributed by atoms with Gasteiger partial charge in [-0.1, -0.05) is 0 Å². The summed E-state index contributed by atoms with van der Waals surface area (Å²) in [5, 5.41) is 30.9. The minimum Gasteiger partial charge on any atom is -0.506 e. The van der Waals surface area contributed by atoms with E-state index in [1.165, 1.54) is 24.3 Å². The molecule has 9 heteroatoms. The molecular formula is C14H12N2O6S. The largest absolute Gasteiger partial charge is 0.506 e. The van der Waals surface area contributed by atoms with Crippen molar-refractivity contribution < 1.29 is 28.5 Å². The minimum absolute atomic E-state index is 0.00815. The molecule has 0 bridgehead atoms. The first-order chi connectivity index (χ1) is 10.8. The predicted molar refractivity (Wildman–Crippen MR) is 82.1 cm³/mol. The number of carbonyl (C=O) groups excluding carboxylic acids is 1. The van der Waals surface area contributed by atoms with Crippen LogP contribution >= 0.6 is 0 Å². The quantitative estimate of drug-likeness (QED) is 0.414. The first kappa shape index (κ1) is 15.0. The van der Waals surface area contributed by atoms with Crippen LogP contribution in [0.25, 0.3) is 0 Å². The van der Waals surface area contributed by atoms with Crippen LogP contribution in [0, 0.1) is 0 Å². The maximum absolute atomic E-state index is 12.3. The Kier molecular flexibility index (Phi) is 3.29. The second-order valence-electron chi connectivity index (χ2n) is 5.00. The zero-order valence-electron chi connectivity index (χ0n) is 11.6. The molecule has 0 aromatic heterocycles. The lowest BCUT2D eigenvalue weighted by Crippen LogP contribution is -2.14. The van der Waals surface area contributed by atoms with Crippen LogP contribution in [0.5, 0.6) is 17.2 Å². The van der Waals surface area contributed by atoms with E-state index in [-0.39, 0.29) is 34.0 Å². The summed E-state index contributed by atoms with van der Waals surface area (Å²) in [6.07, 6.45) is 0. The van der Waals surface area contributed by atoms with E-state index in [0.29, 0.717) is 0 Å². The third-order valence-corrected chi connectivity index (χ3v) is 4.54. The van der Waals surface area contributed by atoms with Crippen LogP contribution in [-0.4, -0.2) is 29.6 Å². The number of phenols is 3. The van der Waals surface area contributed by atoms with Crippen LogP contribution in [0.2, 0.25) is 0 Å². The van der Waals surface area contributed by atoms with E-state index < -0.39 is 27.4 Å². The number of hydrogen-bond acceptors (Lipinski definition) is 6. The summed E-state index contributed by atoms with van der Waals surface area (Å²) >= 11 is 0. The van der Waals surface area contributed by atoms with Crippen LogP contribution in [0.1, 0.15) is 15.9 Å². The van der Waals surface area contributed by atoms with Crippen LogP contribution in [0.15, 0.2) is 30.3 Å². The zero-order chi connectivity index (χ0) is 16.8. The average Bonchev–Trinajstić information content (AvgIpc) is 2.79. The normalized spacial score (nSPS) is 14.8. The highest BCUT2D eigenvalue weighted by Crippen LogP contribution is 2.37. The highest BCUT2D eigenvalue weighted by atomic mass is 32.2. The van der Waals surface area contributed by atoms with E-state index in [1.807, 2.05) is 0 Å². The summed E-state index contributed by atoms with van der Waals surface area (Å²) in [6, 6.07) is 6.27. The lowest BCUT2D eigenvalue weighted by molar-refractivity contribution is 0.102. The number of phenolic OH excluding ortho intramolecular Hbond substituents is 3. The van der Waals surface area contributed by atoms with Gasteiger partial charge in [0.25, 0.3) is 5.91 Å². The van der Waals surface area contributed by atoms with Crippen LogP contribution in [-0.2, 0) is 15.8 Å². The van der Waals surface area contributed by atoms with Crippen molar-refractivity contribution in [3.05, 3.63) is 41.5 Å². The molecule has 3 rings (SSSR count). The molecule has 0 aliphatic carbocycles. The lowest BCUT2D eigenvalue weighted by Gasteiger charge is -2.10. The number of nitrogens with one attached hydrogen (secondary N) is 2. The summed E-state index contributed by atoms with van der Waals surface area (Å²) in [5.41, 5.74) is 0.469. The smallest absolute Gasteiger partial charge is 0.256 e. The molecule has 0 saturated carbocycles. The van der Waals surface area contributed by atoms with Crippen molar-refractivity contribution in [2.24, 2.45) is 0 Å². The van der Waals surface area contributed by atoms with Gasteiger partial charge >= 0.3 is 0 Å². The molecule has 1 amide bonds. The fourth-order valence-electron chi connectivity index (χ4n) is 2.29. The van der Waals surface area contributed by atoms with E-state index in [0.717, 1.165) is 6.07 Å². The van der Waals surface area contributed by atoms with E-state index in [2.05, 4.69) is 10.0 Å². The van der Waals surface area contributed by atoms with E-state index in [4.69, 9.17) is 0 Å². The molecule has 0 spiro atoms. The topological polar surface area (TPSA) is 136 Å². The Morgan fingerprint density at radius 3 is 2.43 bits per heavy atom. The molecule has 1 aliphatic rings. The molecule has 120 valence electrons. The lowest BCUT2D eigenvalue weighted by atomic mass is 10.1. The maximum atomic E-state index is 12.3. The van der Waals surface area contributed by atoms with Gasteiger partial charge in [0.15, 0.2) is 11.5 Å². The molecule has 1 aliphatic heterocycles. The molecule has 0 radical (unpaired) electrons. The number of benzene rings is 2. The first-order valence-corrected chi connectivity index (χ1v) is 8.11. The van der Waals surface area contributed by atoms with Gasteiger partial charge in [0, 0.05) is 22.9 Å². The molecule has 0 atom stereocenters. The summed E-state index contributed by atoms with van der Waals surface area (Å²) in [4.78, 5) is 12.3. The van der Waals surface area contributed by atoms with Gasteiger partial charge < -0.3 is 20.6 Å². The molecule has 2 aromatic rings. The third kappa shape index (κ3) is 2.73. The van der Waals surface area contributed by atoms with Crippen molar-refractivity contribution in [3.8, 4) is 17.2 Å². The molecular weight excluding hydrogens is 324 g/mol. The van der Waals surface area contributed by atoms with Gasteiger partial charge in [0.1, 0.15) is 5.75 Å². The molecule has 0 unspecified atom stereocenters. The van der Waals surface area contributed by atoms with Crippen molar-refractivity contribution in [2.45, 2.75) is 5.75 Å². The number of anilines is 2. The Morgan fingerprint density at radius 1 is 1.04 bits per heavy atom.